The molecule has 0 amide bonds. The van der Waals surface area contributed by atoms with Crippen molar-refractivity contribution < 1.29 is 4.39 Å². The second-order valence-corrected chi connectivity index (χ2v) is 6.61. The van der Waals surface area contributed by atoms with Crippen LogP contribution in [0.15, 0.2) is 23.6 Å². The molecule has 0 bridgehead atoms. The molecule has 0 aliphatic heterocycles. The van der Waals surface area contributed by atoms with E-state index in [0.717, 1.165) is 21.8 Å². The Bertz CT molecular complexity index is 570. The number of aromatic nitrogens is 1. The summed E-state index contributed by atoms with van der Waals surface area (Å²) in [6.07, 6.45) is 0.716. The first kappa shape index (κ1) is 14.2. The van der Waals surface area contributed by atoms with Gasteiger partial charge in [-0.2, -0.15) is 0 Å². The minimum Gasteiger partial charge on any atom is -0.326 e. The Kier molecular flexibility index (Phi) is 4.02. The van der Waals surface area contributed by atoms with Crippen LogP contribution in [0.5, 0.6) is 0 Å². The lowest BCUT2D eigenvalue weighted by molar-refractivity contribution is 0.571. The molecule has 2 aromatic rings. The zero-order valence-electron chi connectivity index (χ0n) is 11.5. The molecule has 2 N–H and O–H groups in total. The summed E-state index contributed by atoms with van der Waals surface area (Å²) in [5.41, 5.74) is 8.74. The number of halogens is 1. The molecule has 0 saturated heterocycles. The molecular formula is C15H19FN2S. The molecule has 0 fully saturated rings. The summed E-state index contributed by atoms with van der Waals surface area (Å²) in [5, 5.41) is 3.15. The first-order valence-electron chi connectivity index (χ1n) is 6.32. The van der Waals surface area contributed by atoms with Crippen LogP contribution >= 0.6 is 11.3 Å². The summed E-state index contributed by atoms with van der Waals surface area (Å²) in [5.74, 6) is -0.237. The fourth-order valence-electron chi connectivity index (χ4n) is 1.86. The first-order chi connectivity index (χ1) is 8.90. The number of hydrogen-bond acceptors (Lipinski definition) is 3. The standard InChI is InChI=1S/C15H19FN2S/c1-15(2,3)13-9-19-14(18-13)7-10-4-5-12(16)6-11(10)8-17/h4-6,9H,7-8,17H2,1-3H3. The van der Waals surface area contributed by atoms with E-state index in [1.54, 1.807) is 17.4 Å². The molecule has 4 heteroatoms. The van der Waals surface area contributed by atoms with Gasteiger partial charge in [0, 0.05) is 23.8 Å². The van der Waals surface area contributed by atoms with Crippen LogP contribution in [0.4, 0.5) is 4.39 Å². The quantitative estimate of drug-likeness (QED) is 0.931. The molecular weight excluding hydrogens is 259 g/mol. The third-order valence-electron chi connectivity index (χ3n) is 3.05. The van der Waals surface area contributed by atoms with Crippen LogP contribution in [0.3, 0.4) is 0 Å². The molecule has 0 aliphatic rings. The molecule has 2 rings (SSSR count). The lowest BCUT2D eigenvalue weighted by Gasteiger charge is -2.14. The van der Waals surface area contributed by atoms with Gasteiger partial charge in [-0.25, -0.2) is 9.37 Å². The van der Waals surface area contributed by atoms with Gasteiger partial charge in [-0.15, -0.1) is 11.3 Å². The Labute approximate surface area is 117 Å². The molecule has 2 nitrogen and oxygen atoms in total. The largest absolute Gasteiger partial charge is 0.326 e. The van der Waals surface area contributed by atoms with Crippen LogP contribution in [0.2, 0.25) is 0 Å². The Hall–Kier alpha value is -1.26. The van der Waals surface area contributed by atoms with Gasteiger partial charge in [-0.3, -0.25) is 0 Å². The van der Waals surface area contributed by atoms with Gasteiger partial charge in [0.25, 0.3) is 0 Å². The number of nitrogens with zero attached hydrogens (tertiary/aromatic N) is 1. The van der Waals surface area contributed by atoms with Crippen molar-refractivity contribution in [1.82, 2.24) is 4.98 Å². The van der Waals surface area contributed by atoms with Crippen molar-refractivity contribution in [3.05, 3.63) is 51.2 Å². The molecule has 0 unspecified atom stereocenters. The number of thiazole rings is 1. The third kappa shape index (κ3) is 3.39. The zero-order valence-corrected chi connectivity index (χ0v) is 12.4. The lowest BCUT2D eigenvalue weighted by atomic mass is 9.93. The SMILES string of the molecule is CC(C)(C)c1csc(Cc2ccc(F)cc2CN)n1. The summed E-state index contributed by atoms with van der Waals surface area (Å²) in [6.45, 7) is 6.80. The molecule has 0 saturated carbocycles. The maximum Gasteiger partial charge on any atom is 0.123 e. The van der Waals surface area contributed by atoms with Crippen molar-refractivity contribution in [3.63, 3.8) is 0 Å². The molecule has 19 heavy (non-hydrogen) atoms. The van der Waals surface area contributed by atoms with E-state index in [1.165, 1.54) is 12.1 Å². The van der Waals surface area contributed by atoms with Crippen molar-refractivity contribution in [3.8, 4) is 0 Å². The van der Waals surface area contributed by atoms with Crippen LogP contribution in [0.1, 0.15) is 42.6 Å². The number of rotatable bonds is 3. The smallest absolute Gasteiger partial charge is 0.123 e. The summed E-state index contributed by atoms with van der Waals surface area (Å²) < 4.78 is 13.2. The van der Waals surface area contributed by atoms with Crippen LogP contribution in [0, 0.1) is 5.82 Å². The van der Waals surface area contributed by atoms with Crippen molar-refractivity contribution >= 4 is 11.3 Å². The monoisotopic (exact) mass is 278 g/mol. The fourth-order valence-corrected chi connectivity index (χ4v) is 2.90. The Morgan fingerprint density at radius 2 is 2.00 bits per heavy atom. The van der Waals surface area contributed by atoms with Gasteiger partial charge in [-0.05, 0) is 23.3 Å². The van der Waals surface area contributed by atoms with Crippen LogP contribution in [-0.4, -0.2) is 4.98 Å². The second-order valence-electron chi connectivity index (χ2n) is 5.67. The highest BCUT2D eigenvalue weighted by atomic mass is 32.1. The summed E-state index contributed by atoms with van der Waals surface area (Å²) in [6, 6.07) is 4.79. The van der Waals surface area contributed by atoms with Crippen molar-refractivity contribution in [2.75, 3.05) is 0 Å². The van der Waals surface area contributed by atoms with Crippen LogP contribution < -0.4 is 5.73 Å². The number of nitrogens with two attached hydrogens (primary N) is 1. The van der Waals surface area contributed by atoms with E-state index >= 15 is 0 Å². The first-order valence-corrected chi connectivity index (χ1v) is 7.20. The number of hydrogen-bond donors (Lipinski definition) is 1. The van der Waals surface area contributed by atoms with Crippen LogP contribution in [-0.2, 0) is 18.4 Å². The Morgan fingerprint density at radius 3 is 2.58 bits per heavy atom. The predicted molar refractivity (Wildman–Crippen MR) is 77.9 cm³/mol. The van der Waals surface area contributed by atoms with Crippen molar-refractivity contribution in [2.45, 2.75) is 39.2 Å². The Balaban J connectivity index is 2.24. The van der Waals surface area contributed by atoms with Gasteiger partial charge in [0.2, 0.25) is 0 Å². The van der Waals surface area contributed by atoms with E-state index in [9.17, 15) is 4.39 Å². The van der Waals surface area contributed by atoms with E-state index < -0.39 is 0 Å². The van der Waals surface area contributed by atoms with E-state index in [1.807, 2.05) is 0 Å². The fraction of sp³-hybridized carbons (Fsp3) is 0.400. The minimum absolute atomic E-state index is 0.0637. The van der Waals surface area contributed by atoms with Crippen molar-refractivity contribution in [2.24, 2.45) is 5.73 Å². The van der Waals surface area contributed by atoms with Crippen LogP contribution in [0.25, 0.3) is 0 Å². The normalized spacial score (nSPS) is 11.8. The summed E-state index contributed by atoms with van der Waals surface area (Å²) in [7, 11) is 0. The van der Waals surface area contributed by atoms with E-state index in [4.69, 9.17) is 5.73 Å². The average molecular weight is 278 g/mol. The van der Waals surface area contributed by atoms with Gasteiger partial charge in [0.05, 0.1) is 10.7 Å². The molecule has 102 valence electrons. The van der Waals surface area contributed by atoms with E-state index in [-0.39, 0.29) is 11.2 Å². The Morgan fingerprint density at radius 1 is 1.26 bits per heavy atom. The van der Waals surface area contributed by atoms with Gasteiger partial charge < -0.3 is 5.73 Å². The van der Waals surface area contributed by atoms with Gasteiger partial charge in [0.1, 0.15) is 5.82 Å². The second kappa shape index (κ2) is 5.39. The summed E-state index contributed by atoms with van der Waals surface area (Å²) in [4.78, 5) is 4.66. The molecule has 0 atom stereocenters. The topological polar surface area (TPSA) is 38.9 Å². The minimum atomic E-state index is -0.237. The zero-order chi connectivity index (χ0) is 14.0. The highest BCUT2D eigenvalue weighted by molar-refractivity contribution is 7.09. The third-order valence-corrected chi connectivity index (χ3v) is 3.90. The maximum absolute atomic E-state index is 13.2. The molecule has 1 aromatic heterocycles. The highest BCUT2D eigenvalue weighted by Crippen LogP contribution is 2.25. The molecule has 1 aromatic carbocycles. The van der Waals surface area contributed by atoms with Gasteiger partial charge in [0.15, 0.2) is 0 Å². The molecule has 0 aliphatic carbocycles. The van der Waals surface area contributed by atoms with Gasteiger partial charge in [-0.1, -0.05) is 26.8 Å². The lowest BCUT2D eigenvalue weighted by Crippen LogP contribution is -2.11. The molecule has 0 radical (unpaired) electrons. The molecule has 0 spiro atoms. The predicted octanol–water partition coefficient (Wildman–Crippen LogP) is 3.63. The summed E-state index contributed by atoms with van der Waals surface area (Å²) >= 11 is 1.65. The van der Waals surface area contributed by atoms with E-state index in [2.05, 4.69) is 31.1 Å². The molecule has 1 heterocycles. The maximum atomic E-state index is 13.2. The van der Waals surface area contributed by atoms with Gasteiger partial charge >= 0.3 is 0 Å². The van der Waals surface area contributed by atoms with E-state index in [0.29, 0.717) is 13.0 Å². The average Bonchev–Trinajstić information content (AvgIpc) is 2.79. The number of benzene rings is 1. The van der Waals surface area contributed by atoms with Crippen molar-refractivity contribution in [1.29, 1.82) is 0 Å². The highest BCUT2D eigenvalue weighted by Gasteiger charge is 2.17.